The number of ether oxygens (including phenoxy) is 1. The zero-order chi connectivity index (χ0) is 28.6. The Labute approximate surface area is 229 Å². The number of hydrogen-bond acceptors (Lipinski definition) is 6. The number of halogens is 3. The predicted octanol–water partition coefficient (Wildman–Crippen LogP) is 5.39. The van der Waals surface area contributed by atoms with Gasteiger partial charge in [0.25, 0.3) is 5.56 Å². The molecule has 0 bridgehead atoms. The van der Waals surface area contributed by atoms with E-state index < -0.39 is 6.36 Å². The molecule has 10 heteroatoms. The van der Waals surface area contributed by atoms with Gasteiger partial charge in [0, 0.05) is 38.3 Å². The van der Waals surface area contributed by atoms with Crippen molar-refractivity contribution in [3.63, 3.8) is 0 Å². The summed E-state index contributed by atoms with van der Waals surface area (Å²) in [5.41, 5.74) is 3.87. The number of nitrogens with zero attached hydrogens (tertiary/aromatic N) is 5. The summed E-state index contributed by atoms with van der Waals surface area (Å²) in [6, 6.07) is 22.6. The Balaban J connectivity index is 1.51. The number of fused-ring (bicyclic) bond motifs is 1. The highest BCUT2D eigenvalue weighted by atomic mass is 19.4. The Morgan fingerprint density at radius 3 is 2.30 bits per heavy atom. The second-order valence-corrected chi connectivity index (χ2v) is 10.1. The first-order chi connectivity index (χ1) is 19.1. The van der Waals surface area contributed by atoms with E-state index >= 15 is 0 Å². The lowest BCUT2D eigenvalue weighted by molar-refractivity contribution is -0.274. The molecule has 2 aromatic heterocycles. The number of rotatable bonds is 5. The molecule has 1 saturated heterocycles. The highest BCUT2D eigenvalue weighted by Crippen LogP contribution is 2.36. The number of hydrogen-bond donors (Lipinski definition) is 0. The molecule has 1 fully saturated rings. The van der Waals surface area contributed by atoms with Gasteiger partial charge in [-0.1, -0.05) is 42.5 Å². The molecule has 5 rings (SSSR count). The summed E-state index contributed by atoms with van der Waals surface area (Å²) in [7, 11) is 1.68. The summed E-state index contributed by atoms with van der Waals surface area (Å²) >= 11 is 0. The molecule has 0 aliphatic carbocycles. The number of anilines is 1. The molecule has 1 aliphatic rings. The van der Waals surface area contributed by atoms with Crippen molar-refractivity contribution in [2.75, 3.05) is 18.0 Å². The number of pyridine rings is 2. The number of piperazine rings is 1. The van der Waals surface area contributed by atoms with E-state index in [1.165, 1.54) is 16.7 Å². The topological polar surface area (TPSA) is 74.4 Å². The smallest absolute Gasteiger partial charge is 0.406 e. The monoisotopic (exact) mass is 547 g/mol. The lowest BCUT2D eigenvalue weighted by Crippen LogP contribution is -2.57. The maximum Gasteiger partial charge on any atom is 0.573 e. The Morgan fingerprint density at radius 2 is 1.65 bits per heavy atom. The molecule has 7 nitrogen and oxygen atoms in total. The molecule has 3 atom stereocenters. The second-order valence-electron chi connectivity index (χ2n) is 10.1. The minimum Gasteiger partial charge on any atom is -0.406 e. The molecule has 40 heavy (non-hydrogen) atoms. The van der Waals surface area contributed by atoms with Gasteiger partial charge >= 0.3 is 6.36 Å². The molecule has 2 aromatic carbocycles. The van der Waals surface area contributed by atoms with Crippen LogP contribution in [0.3, 0.4) is 0 Å². The fraction of sp³-hybridized carbons (Fsp3) is 0.300. The van der Waals surface area contributed by atoms with Crippen LogP contribution in [0.2, 0.25) is 0 Å². The summed E-state index contributed by atoms with van der Waals surface area (Å²) in [5, 5.41) is 9.44. The Bertz CT molecular complexity index is 1610. The van der Waals surface area contributed by atoms with Crippen molar-refractivity contribution >= 4 is 16.7 Å². The van der Waals surface area contributed by atoms with Gasteiger partial charge < -0.3 is 14.2 Å². The molecule has 206 valence electrons. The van der Waals surface area contributed by atoms with E-state index in [9.17, 15) is 23.2 Å². The van der Waals surface area contributed by atoms with Gasteiger partial charge in [0.1, 0.15) is 23.0 Å². The zero-order valence-electron chi connectivity index (χ0n) is 22.3. The van der Waals surface area contributed by atoms with Crippen LogP contribution in [0.1, 0.15) is 36.7 Å². The average Bonchev–Trinajstić information content (AvgIpc) is 2.93. The third-order valence-corrected chi connectivity index (χ3v) is 7.40. The summed E-state index contributed by atoms with van der Waals surface area (Å²) in [5.74, 6) is -0.268. The first-order valence-electron chi connectivity index (χ1n) is 12.9. The fourth-order valence-electron chi connectivity index (χ4n) is 5.50. The van der Waals surface area contributed by atoms with Crippen LogP contribution < -0.4 is 15.2 Å². The second kappa shape index (κ2) is 10.7. The van der Waals surface area contributed by atoms with Crippen molar-refractivity contribution in [2.45, 2.75) is 38.3 Å². The van der Waals surface area contributed by atoms with Crippen LogP contribution in [-0.4, -0.2) is 46.0 Å². The molecular weight excluding hydrogens is 519 g/mol. The van der Waals surface area contributed by atoms with Crippen LogP contribution in [0.25, 0.3) is 11.0 Å². The highest BCUT2D eigenvalue weighted by Gasteiger charge is 2.36. The van der Waals surface area contributed by atoms with Gasteiger partial charge in [-0.2, -0.15) is 5.26 Å². The van der Waals surface area contributed by atoms with Crippen molar-refractivity contribution in [1.29, 1.82) is 5.26 Å². The standard InChI is InChI=1S/C30H28F3N5O2/c1-19-18-38(29(21-7-5-4-6-8-21)22-9-12-24(13-10-22)40-30(31,32)33)20(2)17-37(19)26-15-27(39)36(3)25-14-11-23(16-34)35-28(25)26/h4-15,19-20,29H,17-18H2,1-3H3/t19-,20+,29?/m0/s1. The quantitative estimate of drug-likeness (QED) is 0.334. The molecular formula is C30H28F3N5O2. The summed E-state index contributed by atoms with van der Waals surface area (Å²) in [6.45, 7) is 5.34. The van der Waals surface area contributed by atoms with Crippen LogP contribution >= 0.6 is 0 Å². The van der Waals surface area contributed by atoms with Gasteiger partial charge in [-0.25, -0.2) is 4.98 Å². The van der Waals surface area contributed by atoms with Gasteiger partial charge in [-0.05, 0) is 49.2 Å². The van der Waals surface area contributed by atoms with E-state index in [4.69, 9.17) is 0 Å². The van der Waals surface area contributed by atoms with Crippen LogP contribution in [0, 0.1) is 11.3 Å². The van der Waals surface area contributed by atoms with Crippen molar-refractivity contribution in [3.05, 3.63) is 100.0 Å². The lowest BCUT2D eigenvalue weighted by atomic mass is 9.93. The Morgan fingerprint density at radius 1 is 0.975 bits per heavy atom. The fourth-order valence-corrected chi connectivity index (χ4v) is 5.50. The first kappa shape index (κ1) is 27.2. The van der Waals surface area contributed by atoms with E-state index in [0.717, 1.165) is 11.1 Å². The number of nitriles is 1. The normalized spacial score (nSPS) is 18.9. The summed E-state index contributed by atoms with van der Waals surface area (Å²) < 4.78 is 43.8. The predicted molar refractivity (Wildman–Crippen MR) is 146 cm³/mol. The number of alkyl halides is 3. The molecule has 3 heterocycles. The van der Waals surface area contributed by atoms with E-state index in [0.29, 0.717) is 29.8 Å². The Kier molecular flexibility index (Phi) is 7.25. The van der Waals surface area contributed by atoms with Crippen LogP contribution in [0.4, 0.5) is 18.9 Å². The number of aryl methyl sites for hydroxylation is 1. The molecule has 4 aromatic rings. The molecule has 0 amide bonds. The van der Waals surface area contributed by atoms with Crippen molar-refractivity contribution in [3.8, 4) is 11.8 Å². The molecule has 0 saturated carbocycles. The summed E-state index contributed by atoms with van der Waals surface area (Å²) in [4.78, 5) is 21.9. The van der Waals surface area contributed by atoms with Gasteiger partial charge in [0.05, 0.1) is 17.2 Å². The molecule has 1 unspecified atom stereocenters. The minimum atomic E-state index is -4.76. The Hall–Kier alpha value is -4.36. The van der Waals surface area contributed by atoms with Crippen molar-refractivity contribution < 1.29 is 17.9 Å². The number of aromatic nitrogens is 2. The van der Waals surface area contributed by atoms with Crippen LogP contribution in [-0.2, 0) is 7.05 Å². The maximum atomic E-state index is 12.8. The van der Waals surface area contributed by atoms with Gasteiger partial charge in [-0.3, -0.25) is 9.69 Å². The van der Waals surface area contributed by atoms with Gasteiger partial charge in [0.2, 0.25) is 0 Å². The molecule has 1 aliphatic heterocycles. The van der Waals surface area contributed by atoms with E-state index in [2.05, 4.69) is 39.4 Å². The zero-order valence-corrected chi connectivity index (χ0v) is 22.3. The average molecular weight is 548 g/mol. The number of benzene rings is 2. The van der Waals surface area contributed by atoms with E-state index in [1.807, 2.05) is 30.3 Å². The summed E-state index contributed by atoms with van der Waals surface area (Å²) in [6.07, 6.45) is -4.76. The third-order valence-electron chi connectivity index (χ3n) is 7.40. The maximum absolute atomic E-state index is 12.8. The minimum absolute atomic E-state index is 0.00855. The molecule has 0 spiro atoms. The van der Waals surface area contributed by atoms with E-state index in [-0.39, 0.29) is 35.1 Å². The van der Waals surface area contributed by atoms with Crippen LogP contribution in [0.5, 0.6) is 5.75 Å². The SMILES string of the molecule is C[C@@H]1CN(c2cc(=O)n(C)c3ccc(C#N)nc23)[C@@H](C)CN1C(c1ccccc1)c1ccc(OC(F)(F)F)cc1. The first-order valence-corrected chi connectivity index (χ1v) is 12.9. The van der Waals surface area contributed by atoms with E-state index in [1.54, 1.807) is 37.4 Å². The van der Waals surface area contributed by atoms with Crippen molar-refractivity contribution in [2.24, 2.45) is 7.05 Å². The third kappa shape index (κ3) is 5.38. The largest absolute Gasteiger partial charge is 0.573 e. The molecule has 0 radical (unpaired) electrons. The van der Waals surface area contributed by atoms with Crippen LogP contribution in [0.15, 0.2) is 77.6 Å². The van der Waals surface area contributed by atoms with Crippen molar-refractivity contribution in [1.82, 2.24) is 14.5 Å². The van der Waals surface area contributed by atoms with Gasteiger partial charge in [0.15, 0.2) is 0 Å². The highest BCUT2D eigenvalue weighted by molar-refractivity contribution is 5.89. The van der Waals surface area contributed by atoms with Gasteiger partial charge in [-0.15, -0.1) is 13.2 Å². The lowest BCUT2D eigenvalue weighted by Gasteiger charge is -2.48. The molecule has 0 N–H and O–H groups in total.